The molecule has 0 radical (unpaired) electrons. The van der Waals surface area contributed by atoms with Crippen molar-refractivity contribution in [2.75, 3.05) is 0 Å². The maximum atomic E-state index is 11.3. The topological polar surface area (TPSA) is 42.9 Å². The highest BCUT2D eigenvalue weighted by Gasteiger charge is 2.08. The Balaban J connectivity index is 2.48. The fourth-order valence-electron chi connectivity index (χ4n) is 1.58. The van der Waals surface area contributed by atoms with Crippen LogP contribution in [0.2, 0.25) is 5.02 Å². The van der Waals surface area contributed by atoms with Gasteiger partial charge in [-0.2, -0.15) is 0 Å². The minimum atomic E-state index is -0.0276. The molecule has 0 aliphatic carbocycles. The molecule has 1 heterocycles. The summed E-state index contributed by atoms with van der Waals surface area (Å²) in [5.41, 5.74) is 2.08. The number of nitrogens with zero attached hydrogens (tertiary/aromatic N) is 2. The van der Waals surface area contributed by atoms with Gasteiger partial charge in [0.2, 0.25) is 0 Å². The third-order valence-electron chi connectivity index (χ3n) is 2.44. The van der Waals surface area contributed by atoms with E-state index in [2.05, 4.69) is 9.97 Å². The van der Waals surface area contributed by atoms with Crippen molar-refractivity contribution in [3.63, 3.8) is 0 Å². The maximum absolute atomic E-state index is 11.3. The quantitative estimate of drug-likeness (QED) is 0.764. The molecule has 0 aliphatic rings. The van der Waals surface area contributed by atoms with Crippen molar-refractivity contribution in [1.29, 1.82) is 0 Å². The number of carbonyl (C=O) groups excluding carboxylic acids is 1. The van der Waals surface area contributed by atoms with Crippen LogP contribution in [0, 0.1) is 6.92 Å². The summed E-state index contributed by atoms with van der Waals surface area (Å²) in [5.74, 6) is 0.551. The van der Waals surface area contributed by atoms with Gasteiger partial charge in [0.15, 0.2) is 11.6 Å². The zero-order valence-electron chi connectivity index (χ0n) is 9.57. The van der Waals surface area contributed by atoms with Crippen molar-refractivity contribution in [2.24, 2.45) is 0 Å². The van der Waals surface area contributed by atoms with Gasteiger partial charge in [0.05, 0.1) is 11.3 Å². The number of rotatable bonds is 2. The highest BCUT2D eigenvalue weighted by molar-refractivity contribution is 6.30. The van der Waals surface area contributed by atoms with E-state index < -0.39 is 0 Å². The van der Waals surface area contributed by atoms with Crippen LogP contribution < -0.4 is 0 Å². The summed E-state index contributed by atoms with van der Waals surface area (Å²) in [5, 5.41) is 0.638. The Morgan fingerprint density at radius 1 is 1.35 bits per heavy atom. The van der Waals surface area contributed by atoms with Gasteiger partial charge in [0, 0.05) is 16.8 Å². The largest absolute Gasteiger partial charge is 0.294 e. The standard InChI is InChI=1S/C13H11ClN2O/c1-8-12(9(2)17)7-15-13(16-8)10-4-3-5-11(14)6-10/h3-7H,1-2H3. The fraction of sp³-hybridized carbons (Fsp3) is 0.154. The molecule has 2 rings (SSSR count). The molecule has 0 saturated carbocycles. The van der Waals surface area contributed by atoms with Gasteiger partial charge >= 0.3 is 0 Å². The van der Waals surface area contributed by atoms with E-state index >= 15 is 0 Å². The van der Waals surface area contributed by atoms with Gasteiger partial charge in [-0.15, -0.1) is 0 Å². The van der Waals surface area contributed by atoms with E-state index in [0.29, 0.717) is 22.1 Å². The molecule has 0 unspecified atom stereocenters. The highest BCUT2D eigenvalue weighted by Crippen LogP contribution is 2.20. The van der Waals surface area contributed by atoms with Crippen LogP contribution in [0.3, 0.4) is 0 Å². The fourth-order valence-corrected chi connectivity index (χ4v) is 1.77. The average Bonchev–Trinajstić information content (AvgIpc) is 2.28. The van der Waals surface area contributed by atoms with Gasteiger partial charge in [-0.05, 0) is 26.0 Å². The number of carbonyl (C=O) groups is 1. The molecule has 0 fully saturated rings. The molecule has 0 spiro atoms. The number of aryl methyl sites for hydroxylation is 1. The van der Waals surface area contributed by atoms with Gasteiger partial charge in [-0.1, -0.05) is 23.7 Å². The molecule has 4 heteroatoms. The number of hydrogen-bond donors (Lipinski definition) is 0. The molecule has 2 aromatic rings. The molecule has 0 bridgehead atoms. The summed E-state index contributed by atoms with van der Waals surface area (Å²) in [4.78, 5) is 19.8. The van der Waals surface area contributed by atoms with Crippen LogP contribution in [-0.4, -0.2) is 15.8 Å². The summed E-state index contributed by atoms with van der Waals surface area (Å²) in [6.45, 7) is 3.30. The van der Waals surface area contributed by atoms with Crippen molar-refractivity contribution in [3.8, 4) is 11.4 Å². The van der Waals surface area contributed by atoms with Crippen molar-refractivity contribution >= 4 is 17.4 Å². The zero-order chi connectivity index (χ0) is 12.4. The van der Waals surface area contributed by atoms with E-state index in [-0.39, 0.29) is 5.78 Å². The average molecular weight is 247 g/mol. The van der Waals surface area contributed by atoms with Gasteiger partial charge in [0.25, 0.3) is 0 Å². The second-order valence-electron chi connectivity index (χ2n) is 3.76. The van der Waals surface area contributed by atoms with Gasteiger partial charge in [-0.25, -0.2) is 9.97 Å². The van der Waals surface area contributed by atoms with Crippen LogP contribution in [-0.2, 0) is 0 Å². The first-order valence-electron chi connectivity index (χ1n) is 5.18. The van der Waals surface area contributed by atoms with Gasteiger partial charge < -0.3 is 0 Å². The lowest BCUT2D eigenvalue weighted by Gasteiger charge is -2.04. The SMILES string of the molecule is CC(=O)c1cnc(-c2cccc(Cl)c2)nc1C. The Morgan fingerprint density at radius 3 is 2.71 bits per heavy atom. The molecule has 17 heavy (non-hydrogen) atoms. The molecule has 0 N–H and O–H groups in total. The van der Waals surface area contributed by atoms with Crippen molar-refractivity contribution < 1.29 is 4.79 Å². The molecule has 0 atom stereocenters. The first kappa shape index (κ1) is 11.7. The number of hydrogen-bond acceptors (Lipinski definition) is 3. The van der Waals surface area contributed by atoms with Crippen molar-refractivity contribution in [1.82, 2.24) is 9.97 Å². The number of halogens is 1. The van der Waals surface area contributed by atoms with Crippen LogP contribution in [0.25, 0.3) is 11.4 Å². The molecule has 1 aromatic heterocycles. The smallest absolute Gasteiger partial charge is 0.163 e. The molecular weight excluding hydrogens is 236 g/mol. The van der Waals surface area contributed by atoms with Crippen LogP contribution in [0.5, 0.6) is 0 Å². The van der Waals surface area contributed by atoms with E-state index in [0.717, 1.165) is 5.56 Å². The second-order valence-corrected chi connectivity index (χ2v) is 4.20. The summed E-state index contributed by atoms with van der Waals surface area (Å²) >= 11 is 5.91. The van der Waals surface area contributed by atoms with Crippen LogP contribution >= 0.6 is 11.6 Å². The van der Waals surface area contributed by atoms with Crippen molar-refractivity contribution in [2.45, 2.75) is 13.8 Å². The van der Waals surface area contributed by atoms with Gasteiger partial charge in [-0.3, -0.25) is 4.79 Å². The third kappa shape index (κ3) is 2.50. The van der Waals surface area contributed by atoms with Gasteiger partial charge in [0.1, 0.15) is 0 Å². The molecular formula is C13H11ClN2O. The predicted octanol–water partition coefficient (Wildman–Crippen LogP) is 3.31. The lowest BCUT2D eigenvalue weighted by molar-refractivity contribution is 0.101. The predicted molar refractivity (Wildman–Crippen MR) is 67.2 cm³/mol. The minimum Gasteiger partial charge on any atom is -0.294 e. The lowest BCUT2D eigenvalue weighted by atomic mass is 10.1. The van der Waals surface area contributed by atoms with Crippen molar-refractivity contribution in [3.05, 3.63) is 46.7 Å². The highest BCUT2D eigenvalue weighted by atomic mass is 35.5. The van der Waals surface area contributed by atoms with Crippen LogP contribution in [0.1, 0.15) is 23.0 Å². The number of Topliss-reactive ketones (excluding diaryl/α,β-unsaturated/α-hetero) is 1. The summed E-state index contributed by atoms with van der Waals surface area (Å²) in [7, 11) is 0. The molecule has 3 nitrogen and oxygen atoms in total. The van der Waals surface area contributed by atoms with E-state index in [4.69, 9.17) is 11.6 Å². The Labute approximate surface area is 104 Å². The third-order valence-corrected chi connectivity index (χ3v) is 2.68. The molecule has 1 aromatic carbocycles. The minimum absolute atomic E-state index is 0.0276. The van der Waals surface area contributed by atoms with E-state index in [1.54, 1.807) is 25.3 Å². The number of benzene rings is 1. The number of ketones is 1. The van der Waals surface area contributed by atoms with E-state index in [1.807, 2.05) is 12.1 Å². The van der Waals surface area contributed by atoms with E-state index in [9.17, 15) is 4.79 Å². The number of aromatic nitrogens is 2. The Morgan fingerprint density at radius 2 is 2.12 bits per heavy atom. The molecule has 0 saturated heterocycles. The molecule has 86 valence electrons. The summed E-state index contributed by atoms with van der Waals surface area (Å²) in [6.07, 6.45) is 1.56. The first-order chi connectivity index (χ1) is 8.08. The molecule has 0 amide bonds. The maximum Gasteiger partial charge on any atom is 0.163 e. The Hall–Kier alpha value is -1.74. The Bertz CT molecular complexity index is 581. The summed E-state index contributed by atoms with van der Waals surface area (Å²) in [6, 6.07) is 7.31. The second kappa shape index (κ2) is 4.63. The lowest BCUT2D eigenvalue weighted by Crippen LogP contribution is -2.01. The first-order valence-corrected chi connectivity index (χ1v) is 5.56. The normalized spacial score (nSPS) is 10.3. The van der Waals surface area contributed by atoms with E-state index in [1.165, 1.54) is 6.92 Å². The Kier molecular flexibility index (Phi) is 3.20. The van der Waals surface area contributed by atoms with Crippen LogP contribution in [0.4, 0.5) is 0 Å². The monoisotopic (exact) mass is 246 g/mol. The summed E-state index contributed by atoms with van der Waals surface area (Å²) < 4.78 is 0. The molecule has 0 aliphatic heterocycles. The van der Waals surface area contributed by atoms with Crippen LogP contribution in [0.15, 0.2) is 30.5 Å². The zero-order valence-corrected chi connectivity index (χ0v) is 10.3.